The highest BCUT2D eigenvalue weighted by atomic mass is 31.3. The smallest absolute Gasteiger partial charge is 0.386 e. The number of aliphatic hydroxyl groups is 4. The second-order valence-corrected chi connectivity index (χ2v) is 36.2. The number of aromatic nitrogens is 8. The monoisotopic (exact) mass is 1560 g/mol. The number of phosphoric acid groups is 6. The maximum Gasteiger partial charge on any atom is 0.481 e. The number of hydrogen-bond acceptors (Lipinski definition) is 31. The van der Waals surface area contributed by atoms with Crippen LogP contribution in [0.1, 0.15) is 158 Å². The summed E-state index contributed by atoms with van der Waals surface area (Å²) in [7, 11) is -32.5. The van der Waals surface area contributed by atoms with Crippen LogP contribution >= 0.6 is 46.9 Å². The Kier molecular flexibility index (Phi) is 30.6. The third-order valence-corrected chi connectivity index (χ3v) is 21.6. The summed E-state index contributed by atoms with van der Waals surface area (Å²) >= 11 is 0. The minimum atomic E-state index is -5.52. The summed E-state index contributed by atoms with van der Waals surface area (Å²) < 4.78 is 124. The molecule has 2 saturated heterocycles. The fourth-order valence-electron chi connectivity index (χ4n) is 9.94. The van der Waals surface area contributed by atoms with E-state index in [2.05, 4.69) is 68.3 Å². The lowest BCUT2D eigenvalue weighted by atomic mass is 9.83. The van der Waals surface area contributed by atoms with Gasteiger partial charge in [0, 0.05) is 49.4 Å². The fourth-order valence-corrected chi connectivity index (χ4v) is 15.6. The van der Waals surface area contributed by atoms with Gasteiger partial charge in [-0.2, -0.15) is 8.62 Å². The van der Waals surface area contributed by atoms with Crippen molar-refractivity contribution in [2.24, 2.45) is 21.7 Å². The lowest BCUT2D eigenvalue weighted by Gasteiger charge is -2.30. The number of hydrogen-bond donors (Lipinski definition) is 13. The Morgan fingerprint density at radius 2 is 0.881 bits per heavy atom. The first kappa shape index (κ1) is 87.7. The van der Waals surface area contributed by atoms with Crippen LogP contribution in [0.4, 0.5) is 5.82 Å². The van der Waals surface area contributed by atoms with Crippen LogP contribution in [0.3, 0.4) is 0 Å². The van der Waals surface area contributed by atoms with E-state index in [4.69, 9.17) is 33.3 Å². The molecule has 0 saturated carbocycles. The molecule has 4 aromatic heterocycles. The van der Waals surface area contributed by atoms with Crippen molar-refractivity contribution in [3.63, 3.8) is 0 Å². The van der Waals surface area contributed by atoms with Crippen LogP contribution in [0.25, 0.3) is 22.3 Å². The zero-order chi connectivity index (χ0) is 76.5. The van der Waals surface area contributed by atoms with E-state index >= 15 is 0 Å². The van der Waals surface area contributed by atoms with Gasteiger partial charge in [0.1, 0.15) is 84.1 Å². The third kappa shape index (κ3) is 27.7. The van der Waals surface area contributed by atoms with E-state index in [1.165, 1.54) is 44.9 Å². The van der Waals surface area contributed by atoms with E-state index in [0.29, 0.717) is 30.5 Å². The number of ketones is 4. The highest BCUT2D eigenvalue weighted by Crippen LogP contribution is 2.63. The number of carbonyl (C=O) groups excluding carboxylic acids is 4. The Bertz CT molecular complexity index is 3820. The number of nitrogen functional groups attached to an aromatic ring is 1. The molecule has 14 unspecified atom stereocenters. The Labute approximate surface area is 579 Å². The van der Waals surface area contributed by atoms with E-state index in [0.717, 1.165) is 30.1 Å². The molecule has 0 spiro atoms. The SMILES string of the molecule is CC(C)(C)CCCC(=O)CCCC(=O)C(O)C(C)(C)COP(=O)(O)OP(=O)(O)OCC1OC(n2cnc3c(N)ncnc32)C(O)C1OP(=O)(O)O.Cc1ncnc2c1ncn2C1OC(COP(=O)(O)OP(=O)(O)OCC(C)(C)C(O)C(=O)CCCC(=O)CCC(C)(C)C)C(OP(=O)(O)O)C1O. The van der Waals surface area contributed by atoms with Crippen LogP contribution in [0.5, 0.6) is 0 Å². The fraction of sp³-hybridized carbons (Fsp3) is 0.741. The zero-order valence-electron chi connectivity index (χ0n) is 57.1. The largest absolute Gasteiger partial charge is 0.481 e. The summed E-state index contributed by atoms with van der Waals surface area (Å²) in [4.78, 5) is 152. The molecule has 2 aliphatic heterocycles. The van der Waals surface area contributed by atoms with Crippen molar-refractivity contribution in [2.75, 3.05) is 32.2 Å². The molecule has 47 heteroatoms. The number of nitrogens with zero attached hydrogens (tertiary/aromatic N) is 8. The highest BCUT2D eigenvalue weighted by molar-refractivity contribution is 7.61. The summed E-state index contributed by atoms with van der Waals surface area (Å²) in [6, 6.07) is 0. The van der Waals surface area contributed by atoms with Gasteiger partial charge in [-0.25, -0.2) is 57.3 Å². The molecule has 4 aromatic rings. The first-order valence-corrected chi connectivity index (χ1v) is 40.1. The van der Waals surface area contributed by atoms with Gasteiger partial charge in [-0.1, -0.05) is 69.2 Å². The number of aliphatic hydroxyl groups excluding tert-OH is 4. The van der Waals surface area contributed by atoms with E-state index < -0.39 is 157 Å². The molecule has 0 aromatic carbocycles. The average Bonchev–Trinajstić information content (AvgIpc) is 1.62. The number of aryl methyl sites for hydroxylation is 1. The number of fused-ring (bicyclic) bond motifs is 2. The Hall–Kier alpha value is -3.92. The lowest BCUT2D eigenvalue weighted by molar-refractivity contribution is -0.135. The van der Waals surface area contributed by atoms with Crippen LogP contribution in [0.15, 0.2) is 25.3 Å². The molecule has 0 radical (unpaired) electrons. The molecule has 2 fully saturated rings. The van der Waals surface area contributed by atoms with Gasteiger partial charge in [0.15, 0.2) is 41.1 Å². The number of carbonyl (C=O) groups is 4. The van der Waals surface area contributed by atoms with Gasteiger partial charge < -0.3 is 74.8 Å². The summed E-state index contributed by atoms with van der Waals surface area (Å²) in [6.45, 7) is 15.4. The van der Waals surface area contributed by atoms with Gasteiger partial charge in [0.25, 0.3) is 0 Å². The number of anilines is 1. The Balaban J connectivity index is 0.000000364. The molecule has 41 nitrogen and oxygen atoms in total. The van der Waals surface area contributed by atoms with Crippen molar-refractivity contribution in [1.82, 2.24) is 39.0 Å². The second kappa shape index (κ2) is 35.2. The molecule has 6 heterocycles. The Morgan fingerprint density at radius 3 is 1.29 bits per heavy atom. The predicted molar refractivity (Wildman–Crippen MR) is 348 cm³/mol. The van der Waals surface area contributed by atoms with Gasteiger partial charge in [-0.05, 0) is 49.9 Å². The molecule has 14 N–H and O–H groups in total. The van der Waals surface area contributed by atoms with Crippen molar-refractivity contribution < 1.29 is 151 Å². The van der Waals surface area contributed by atoms with Crippen molar-refractivity contribution in [3.8, 4) is 0 Å². The first-order chi connectivity index (χ1) is 46.1. The summed E-state index contributed by atoms with van der Waals surface area (Å²) in [5, 5.41) is 42.9. The molecule has 14 atom stereocenters. The normalized spacial score (nSPS) is 23.3. The number of rotatable bonds is 39. The minimum absolute atomic E-state index is 0.00835. The second-order valence-electron chi connectivity index (χ2n) is 27.7. The van der Waals surface area contributed by atoms with E-state index in [9.17, 15) is 106 Å². The predicted octanol–water partition coefficient (Wildman–Crippen LogP) is 4.95. The van der Waals surface area contributed by atoms with Crippen molar-refractivity contribution in [2.45, 2.75) is 208 Å². The quantitative estimate of drug-likeness (QED) is 0.0263. The third-order valence-electron chi connectivity index (χ3n) is 15.4. The highest BCUT2D eigenvalue weighted by Gasteiger charge is 2.52. The molecule has 101 heavy (non-hydrogen) atoms. The van der Waals surface area contributed by atoms with Crippen LogP contribution in [0, 0.1) is 28.6 Å². The molecule has 2 aliphatic rings. The number of Topliss-reactive ketones (excluding diaryl/α,β-unsaturated/α-hetero) is 4. The number of imidazole rings is 2. The lowest BCUT2D eigenvalue weighted by Crippen LogP contribution is -2.39. The Morgan fingerprint density at radius 1 is 0.515 bits per heavy atom. The van der Waals surface area contributed by atoms with Crippen LogP contribution in [-0.4, -0.2) is 197 Å². The summed E-state index contributed by atoms with van der Waals surface area (Å²) in [5.41, 5.74) is 3.95. The maximum absolute atomic E-state index is 12.6. The van der Waals surface area contributed by atoms with Gasteiger partial charge in [-0.3, -0.25) is 55.5 Å². The number of phosphoric ester groups is 6. The van der Waals surface area contributed by atoms with Crippen LogP contribution in [0.2, 0.25) is 0 Å². The molecule has 0 amide bonds. The molecule has 0 bridgehead atoms. The van der Waals surface area contributed by atoms with Crippen molar-refractivity contribution >= 4 is 98.2 Å². The van der Waals surface area contributed by atoms with Crippen LogP contribution < -0.4 is 5.73 Å². The number of nitrogens with two attached hydrogens (primary N) is 1. The van der Waals surface area contributed by atoms with Gasteiger partial charge in [0.2, 0.25) is 0 Å². The standard InChI is InChI=1S/C27H46N5O16P3.C27H45N4O16P3/c1-26(2,3)11-7-9-16(33)8-6-10-17(34)22(36)27(4,5)13-45-51(42,43)48-50(40,41)44-12-18-21(47-49(37,38)39)20(35)25(46-18)32-15-31-19-23(28)29-14-30-24(19)32;1-16-20-24(29-14-28-16)31(15-30-20)25-21(34)22(46-48(36,37)38)19(45-25)12-43-49(39,40)47-50(41,42)44-13-27(5,6)23(35)18(33)9-7-8-17(32)10-11-26(2,3)4/h14-15,18,20-22,25,35-36H,6-13H2,1-5H3,(H,40,41)(H,42,43)(H2,28,29,30)(H2,37,38,39);14-15,19,21-23,25,34-35H,7-13H2,1-6H3,(H,39,40)(H,41,42)(H2,36,37,38). The van der Waals surface area contributed by atoms with Crippen LogP contribution in [-0.2, 0) is 91.8 Å². The molecule has 0 aliphatic carbocycles. The average molecular weight is 1560 g/mol. The summed E-state index contributed by atoms with van der Waals surface area (Å²) in [6.07, 6.45) is -9.13. The van der Waals surface area contributed by atoms with E-state index in [1.807, 2.05) is 20.8 Å². The first-order valence-electron chi connectivity index (χ1n) is 31.1. The van der Waals surface area contributed by atoms with E-state index in [-0.39, 0.29) is 83.6 Å². The molecule has 574 valence electrons. The van der Waals surface area contributed by atoms with Crippen molar-refractivity contribution in [1.29, 1.82) is 0 Å². The molecular formula is C54H91N9O32P6. The number of ether oxygens (including phenoxy) is 2. The van der Waals surface area contributed by atoms with Gasteiger partial charge in [-0.15, -0.1) is 0 Å². The minimum Gasteiger partial charge on any atom is -0.386 e. The summed E-state index contributed by atoms with van der Waals surface area (Å²) in [5.74, 6) is -1.36. The van der Waals surface area contributed by atoms with Crippen molar-refractivity contribution in [3.05, 3.63) is 31.0 Å². The van der Waals surface area contributed by atoms with Gasteiger partial charge in [0.05, 0.1) is 44.8 Å². The topological polar surface area (TPSA) is 619 Å². The van der Waals surface area contributed by atoms with E-state index in [1.54, 1.807) is 6.92 Å². The van der Waals surface area contributed by atoms with Gasteiger partial charge >= 0.3 is 46.9 Å². The molecule has 6 rings (SSSR count). The molecular weight excluding hydrogens is 1470 g/mol. The zero-order valence-corrected chi connectivity index (χ0v) is 62.4. The maximum atomic E-state index is 12.6.